The van der Waals surface area contributed by atoms with Crippen molar-refractivity contribution < 1.29 is 0 Å². The van der Waals surface area contributed by atoms with Crippen LogP contribution in [0.15, 0.2) is 11.6 Å². The molecule has 4 aliphatic carbocycles. The van der Waals surface area contributed by atoms with Crippen LogP contribution in [0.2, 0.25) is 0 Å². The summed E-state index contributed by atoms with van der Waals surface area (Å²) in [7, 11) is 0. The molecule has 0 amide bonds. The van der Waals surface area contributed by atoms with Gasteiger partial charge in [0.1, 0.15) is 0 Å². The lowest BCUT2D eigenvalue weighted by atomic mass is 9.47. The Hall–Kier alpha value is -0.700. The quantitative estimate of drug-likeness (QED) is 0.389. The van der Waals surface area contributed by atoms with Crippen LogP contribution in [0.5, 0.6) is 0 Å². The van der Waals surface area contributed by atoms with Gasteiger partial charge in [-0.3, -0.25) is 0 Å². The lowest BCUT2D eigenvalue weighted by Gasteiger charge is -2.57. The van der Waals surface area contributed by atoms with Gasteiger partial charge in [0.2, 0.25) is 0 Å². The largest absolute Gasteiger partial charge is 0.120 e. The minimum Gasteiger partial charge on any atom is -0.120 e. The van der Waals surface area contributed by atoms with Gasteiger partial charge in [-0.25, -0.2) is 0 Å². The van der Waals surface area contributed by atoms with Crippen LogP contribution in [-0.2, 0) is 0 Å². The zero-order valence-electron chi connectivity index (χ0n) is 14.7. The molecular formula is C22H32. The first-order valence-electron chi connectivity index (χ1n) is 9.64. The van der Waals surface area contributed by atoms with Crippen molar-refractivity contribution >= 4 is 0 Å². The van der Waals surface area contributed by atoms with Crippen LogP contribution in [0.3, 0.4) is 0 Å². The van der Waals surface area contributed by atoms with E-state index in [1.807, 2.05) is 5.57 Å². The number of rotatable bonds is 0. The van der Waals surface area contributed by atoms with E-state index in [2.05, 4.69) is 32.8 Å². The molecular weight excluding hydrogens is 264 g/mol. The van der Waals surface area contributed by atoms with E-state index in [0.717, 1.165) is 23.7 Å². The van der Waals surface area contributed by atoms with E-state index in [4.69, 9.17) is 6.42 Å². The van der Waals surface area contributed by atoms with Crippen LogP contribution < -0.4 is 0 Å². The molecule has 7 atom stereocenters. The molecule has 120 valence electrons. The van der Waals surface area contributed by atoms with Crippen molar-refractivity contribution in [1.82, 2.24) is 0 Å². The van der Waals surface area contributed by atoms with Crippen molar-refractivity contribution in [2.24, 2.45) is 40.4 Å². The highest BCUT2D eigenvalue weighted by Crippen LogP contribution is 2.66. The molecule has 0 heterocycles. The van der Waals surface area contributed by atoms with Gasteiger partial charge in [-0.2, -0.15) is 0 Å². The summed E-state index contributed by atoms with van der Waals surface area (Å²) in [5.74, 6) is 7.35. The molecule has 3 saturated carbocycles. The normalized spacial score (nSPS) is 53.7. The predicted octanol–water partition coefficient (Wildman–Crippen LogP) is 5.83. The maximum Gasteiger partial charge on any atom is 0.0256 e. The van der Waals surface area contributed by atoms with Crippen molar-refractivity contribution in [2.75, 3.05) is 0 Å². The van der Waals surface area contributed by atoms with Crippen LogP contribution in [0.25, 0.3) is 0 Å². The number of allylic oxidation sites excluding steroid dienone is 2. The molecule has 4 rings (SSSR count). The molecule has 0 saturated heterocycles. The van der Waals surface area contributed by atoms with E-state index < -0.39 is 0 Å². The second-order valence-corrected chi connectivity index (χ2v) is 9.45. The summed E-state index contributed by atoms with van der Waals surface area (Å²) in [6, 6.07) is 0. The predicted molar refractivity (Wildman–Crippen MR) is 93.2 cm³/mol. The van der Waals surface area contributed by atoms with Gasteiger partial charge < -0.3 is 0 Å². The lowest BCUT2D eigenvalue weighted by Crippen LogP contribution is -2.49. The molecule has 3 fully saturated rings. The molecule has 0 aliphatic heterocycles. The van der Waals surface area contributed by atoms with Crippen molar-refractivity contribution in [1.29, 1.82) is 0 Å². The summed E-state index contributed by atoms with van der Waals surface area (Å²) in [5.41, 5.74) is 2.78. The van der Waals surface area contributed by atoms with Crippen LogP contribution >= 0.6 is 0 Å². The first-order chi connectivity index (χ1) is 10.5. The van der Waals surface area contributed by atoms with Gasteiger partial charge in [-0.1, -0.05) is 32.4 Å². The Morgan fingerprint density at radius 2 is 1.91 bits per heavy atom. The minimum atomic E-state index is 0.444. The molecule has 3 unspecified atom stereocenters. The molecule has 0 N–H and O–H groups in total. The Morgan fingerprint density at radius 1 is 1.09 bits per heavy atom. The van der Waals surface area contributed by atoms with E-state index in [1.165, 1.54) is 51.4 Å². The van der Waals surface area contributed by atoms with E-state index in [9.17, 15) is 0 Å². The molecule has 0 heteroatoms. The van der Waals surface area contributed by atoms with Crippen molar-refractivity contribution in [3.8, 4) is 12.3 Å². The van der Waals surface area contributed by atoms with Gasteiger partial charge in [0.05, 0.1) is 0 Å². The van der Waals surface area contributed by atoms with Gasteiger partial charge in [-0.15, -0.1) is 12.3 Å². The van der Waals surface area contributed by atoms with E-state index >= 15 is 0 Å². The van der Waals surface area contributed by atoms with E-state index in [-0.39, 0.29) is 0 Å². The Kier molecular flexibility index (Phi) is 3.31. The fourth-order valence-corrected chi connectivity index (χ4v) is 7.12. The third-order valence-electron chi connectivity index (χ3n) is 8.55. The average molecular weight is 296 g/mol. The highest BCUT2D eigenvalue weighted by Gasteiger charge is 2.58. The van der Waals surface area contributed by atoms with Crippen LogP contribution in [0, 0.1) is 52.8 Å². The molecule has 0 radical (unpaired) electrons. The second-order valence-electron chi connectivity index (χ2n) is 9.45. The third-order valence-corrected chi connectivity index (χ3v) is 8.55. The fraction of sp³-hybridized carbons (Fsp3) is 0.818. The van der Waals surface area contributed by atoms with Gasteiger partial charge in [0.25, 0.3) is 0 Å². The van der Waals surface area contributed by atoms with Crippen LogP contribution in [0.4, 0.5) is 0 Å². The molecule has 0 spiro atoms. The summed E-state index contributed by atoms with van der Waals surface area (Å²) in [6.07, 6.45) is 19.6. The van der Waals surface area contributed by atoms with Crippen LogP contribution in [0.1, 0.15) is 72.1 Å². The first kappa shape index (κ1) is 14.9. The highest BCUT2D eigenvalue weighted by atomic mass is 14.6. The van der Waals surface area contributed by atoms with Crippen LogP contribution in [-0.4, -0.2) is 0 Å². The number of hydrogen-bond acceptors (Lipinski definition) is 0. The third kappa shape index (κ3) is 1.84. The summed E-state index contributed by atoms with van der Waals surface area (Å²) in [5, 5.41) is 0. The Balaban J connectivity index is 1.67. The zero-order chi connectivity index (χ0) is 15.5. The van der Waals surface area contributed by atoms with Gasteiger partial charge in [0, 0.05) is 5.92 Å². The lowest BCUT2D eigenvalue weighted by molar-refractivity contribution is -0.0364. The summed E-state index contributed by atoms with van der Waals surface area (Å²) in [4.78, 5) is 0. The number of terminal acetylenes is 1. The van der Waals surface area contributed by atoms with Crippen molar-refractivity contribution in [3.63, 3.8) is 0 Å². The monoisotopic (exact) mass is 296 g/mol. The molecule has 0 aromatic heterocycles. The summed E-state index contributed by atoms with van der Waals surface area (Å²) < 4.78 is 0. The van der Waals surface area contributed by atoms with Gasteiger partial charge in [0.15, 0.2) is 0 Å². The molecule has 22 heavy (non-hydrogen) atoms. The standard InChI is InChI=1S/C22H32/c1-5-16-7-9-19-18-8-6-17-14-15(2)10-12-22(17,4)20(18)11-13-21(16,19)3/h1,6,15-16,18-20H,7-14H2,2-4H3/t15-,16-,18?,19?,20?,21+,22-/m0/s1. The number of hydrogen-bond donors (Lipinski definition) is 0. The fourth-order valence-electron chi connectivity index (χ4n) is 7.12. The van der Waals surface area contributed by atoms with E-state index in [1.54, 1.807) is 0 Å². The summed E-state index contributed by atoms with van der Waals surface area (Å²) >= 11 is 0. The van der Waals surface area contributed by atoms with Gasteiger partial charge >= 0.3 is 0 Å². The molecule has 0 bridgehead atoms. The zero-order valence-corrected chi connectivity index (χ0v) is 14.7. The topological polar surface area (TPSA) is 0 Å². The van der Waals surface area contributed by atoms with Gasteiger partial charge in [-0.05, 0) is 85.9 Å². The van der Waals surface area contributed by atoms with Crippen molar-refractivity contribution in [3.05, 3.63) is 11.6 Å². The maximum absolute atomic E-state index is 5.88. The van der Waals surface area contributed by atoms with Crippen molar-refractivity contribution in [2.45, 2.75) is 72.1 Å². The smallest absolute Gasteiger partial charge is 0.0256 e. The second kappa shape index (κ2) is 4.90. The minimum absolute atomic E-state index is 0.444. The average Bonchev–Trinajstić information content (AvgIpc) is 2.84. The highest BCUT2D eigenvalue weighted by molar-refractivity contribution is 5.25. The molecule has 0 aromatic carbocycles. The Labute approximate surface area is 137 Å². The SMILES string of the molecule is C#C[C@H]1CCC2C3CC=C4C[C@@H](C)CC[C@]4(C)C3CC[C@@]21C. The molecule has 4 aliphatic rings. The van der Waals surface area contributed by atoms with E-state index in [0.29, 0.717) is 16.7 Å². The first-order valence-corrected chi connectivity index (χ1v) is 9.64. The summed E-state index contributed by atoms with van der Waals surface area (Å²) in [6.45, 7) is 7.58. The Bertz CT molecular complexity index is 535. The molecule has 0 aromatic rings. The maximum atomic E-state index is 5.88. The molecule has 0 nitrogen and oxygen atoms in total. The number of fused-ring (bicyclic) bond motifs is 5. The Morgan fingerprint density at radius 3 is 2.68 bits per heavy atom.